The van der Waals surface area contributed by atoms with Gasteiger partial charge in [-0.1, -0.05) is 0 Å². The maximum absolute atomic E-state index is 13.0. The number of nitrogens with one attached hydrogen (secondary N) is 1. The van der Waals surface area contributed by atoms with Gasteiger partial charge in [-0.15, -0.1) is 0 Å². The zero-order chi connectivity index (χ0) is 10.1. The van der Waals surface area contributed by atoms with Crippen LogP contribution in [0.5, 0.6) is 0 Å². The molecule has 1 aromatic heterocycles. The van der Waals surface area contributed by atoms with Crippen LogP contribution in [-0.4, -0.2) is 11.5 Å². The molecule has 14 heavy (non-hydrogen) atoms. The highest BCUT2D eigenvalue weighted by atomic mass is 19.1. The summed E-state index contributed by atoms with van der Waals surface area (Å²) in [7, 11) is 0. The first-order chi connectivity index (χ1) is 6.72. The Kier molecular flexibility index (Phi) is 2.25. The van der Waals surface area contributed by atoms with E-state index in [1.54, 1.807) is 12.1 Å². The number of nitrogens with two attached hydrogens (primary N) is 1. The molecule has 0 spiro atoms. The van der Waals surface area contributed by atoms with Crippen LogP contribution >= 0.6 is 0 Å². The Labute approximate surface area is 81.9 Å². The zero-order valence-corrected chi connectivity index (χ0v) is 8.10. The minimum absolute atomic E-state index is 0.195. The SMILES string of the molecule is Cc1c(CCN)[nH]c2ccc(F)cc12. The van der Waals surface area contributed by atoms with Gasteiger partial charge >= 0.3 is 0 Å². The number of aromatic amines is 1. The molecule has 74 valence electrons. The fourth-order valence-electron chi connectivity index (χ4n) is 1.75. The van der Waals surface area contributed by atoms with E-state index < -0.39 is 0 Å². The van der Waals surface area contributed by atoms with Crippen LogP contribution in [0.3, 0.4) is 0 Å². The predicted octanol–water partition coefficient (Wildman–Crippen LogP) is 2.12. The largest absolute Gasteiger partial charge is 0.358 e. The number of halogens is 1. The molecule has 0 unspecified atom stereocenters. The molecular weight excluding hydrogens is 179 g/mol. The van der Waals surface area contributed by atoms with Crippen LogP contribution in [-0.2, 0) is 6.42 Å². The van der Waals surface area contributed by atoms with Crippen LogP contribution in [0.4, 0.5) is 4.39 Å². The first-order valence-electron chi connectivity index (χ1n) is 4.69. The Morgan fingerprint density at radius 2 is 2.21 bits per heavy atom. The summed E-state index contributed by atoms with van der Waals surface area (Å²) in [6.07, 6.45) is 0.808. The molecule has 0 amide bonds. The molecule has 0 aliphatic carbocycles. The fraction of sp³-hybridized carbons (Fsp3) is 0.273. The summed E-state index contributed by atoms with van der Waals surface area (Å²) in [5.74, 6) is -0.195. The van der Waals surface area contributed by atoms with Crippen molar-refractivity contribution in [2.24, 2.45) is 5.73 Å². The smallest absolute Gasteiger partial charge is 0.123 e. The van der Waals surface area contributed by atoms with Crippen LogP contribution in [0.25, 0.3) is 10.9 Å². The van der Waals surface area contributed by atoms with E-state index in [0.717, 1.165) is 28.6 Å². The normalized spacial score (nSPS) is 11.1. The first kappa shape index (κ1) is 9.21. The molecule has 0 radical (unpaired) electrons. The highest BCUT2D eigenvalue weighted by Crippen LogP contribution is 2.22. The van der Waals surface area contributed by atoms with Crippen LogP contribution in [0.15, 0.2) is 18.2 Å². The van der Waals surface area contributed by atoms with E-state index in [2.05, 4.69) is 4.98 Å². The number of H-pyrrole nitrogens is 1. The van der Waals surface area contributed by atoms with E-state index in [4.69, 9.17) is 5.73 Å². The zero-order valence-electron chi connectivity index (χ0n) is 8.10. The van der Waals surface area contributed by atoms with E-state index in [9.17, 15) is 4.39 Å². The van der Waals surface area contributed by atoms with Gasteiger partial charge in [0.1, 0.15) is 5.82 Å². The Morgan fingerprint density at radius 1 is 1.43 bits per heavy atom. The van der Waals surface area contributed by atoms with Crippen molar-refractivity contribution in [2.45, 2.75) is 13.3 Å². The Balaban J connectivity index is 2.62. The van der Waals surface area contributed by atoms with Gasteiger partial charge in [0.2, 0.25) is 0 Å². The quantitative estimate of drug-likeness (QED) is 0.751. The summed E-state index contributed by atoms with van der Waals surface area (Å²) in [5, 5.41) is 0.952. The van der Waals surface area contributed by atoms with Crippen LogP contribution < -0.4 is 5.73 Å². The van der Waals surface area contributed by atoms with E-state index >= 15 is 0 Å². The topological polar surface area (TPSA) is 41.8 Å². The number of hydrogen-bond donors (Lipinski definition) is 2. The number of fused-ring (bicyclic) bond motifs is 1. The molecule has 3 heteroatoms. The lowest BCUT2D eigenvalue weighted by atomic mass is 10.1. The van der Waals surface area contributed by atoms with Gasteiger partial charge in [0.25, 0.3) is 0 Å². The van der Waals surface area contributed by atoms with Crippen molar-refractivity contribution < 1.29 is 4.39 Å². The van der Waals surface area contributed by atoms with Crippen LogP contribution in [0.2, 0.25) is 0 Å². The van der Waals surface area contributed by atoms with E-state index in [-0.39, 0.29) is 5.82 Å². The van der Waals surface area contributed by atoms with Gasteiger partial charge in [0, 0.05) is 23.0 Å². The lowest BCUT2D eigenvalue weighted by Crippen LogP contribution is -2.03. The Hall–Kier alpha value is -1.35. The molecule has 0 atom stereocenters. The molecular formula is C11H13FN2. The van der Waals surface area contributed by atoms with Crippen LogP contribution in [0.1, 0.15) is 11.3 Å². The van der Waals surface area contributed by atoms with Crippen molar-refractivity contribution in [3.63, 3.8) is 0 Å². The van der Waals surface area contributed by atoms with Crippen molar-refractivity contribution in [2.75, 3.05) is 6.54 Å². The Morgan fingerprint density at radius 3 is 2.93 bits per heavy atom. The summed E-state index contributed by atoms with van der Waals surface area (Å²) >= 11 is 0. The monoisotopic (exact) mass is 192 g/mol. The molecule has 1 heterocycles. The number of aromatic nitrogens is 1. The molecule has 0 bridgehead atoms. The molecule has 0 aliphatic heterocycles. The average Bonchev–Trinajstić information content (AvgIpc) is 2.46. The van der Waals surface area contributed by atoms with Crippen molar-refractivity contribution in [3.05, 3.63) is 35.3 Å². The molecule has 2 rings (SSSR count). The molecule has 2 nitrogen and oxygen atoms in total. The van der Waals surface area contributed by atoms with Crippen LogP contribution in [0, 0.1) is 12.7 Å². The van der Waals surface area contributed by atoms with E-state index in [0.29, 0.717) is 6.54 Å². The number of hydrogen-bond acceptors (Lipinski definition) is 1. The second-order valence-electron chi connectivity index (χ2n) is 3.46. The number of benzene rings is 1. The number of aryl methyl sites for hydroxylation is 1. The maximum atomic E-state index is 13.0. The van der Waals surface area contributed by atoms with Crippen molar-refractivity contribution in [1.29, 1.82) is 0 Å². The first-order valence-corrected chi connectivity index (χ1v) is 4.69. The second-order valence-corrected chi connectivity index (χ2v) is 3.46. The summed E-state index contributed by atoms with van der Waals surface area (Å²) in [6.45, 7) is 2.60. The van der Waals surface area contributed by atoms with Gasteiger partial charge in [-0.05, 0) is 37.2 Å². The van der Waals surface area contributed by atoms with Crippen molar-refractivity contribution in [3.8, 4) is 0 Å². The van der Waals surface area contributed by atoms with E-state index in [1.165, 1.54) is 6.07 Å². The molecule has 0 saturated carbocycles. The van der Waals surface area contributed by atoms with Gasteiger partial charge < -0.3 is 10.7 Å². The summed E-state index contributed by atoms with van der Waals surface area (Å²) < 4.78 is 13.0. The molecule has 2 aromatic rings. The van der Waals surface area contributed by atoms with Crippen molar-refractivity contribution in [1.82, 2.24) is 4.98 Å². The molecule has 1 aromatic carbocycles. The molecule has 0 fully saturated rings. The van der Waals surface area contributed by atoms with Gasteiger partial charge in [0.15, 0.2) is 0 Å². The Bertz CT molecular complexity index is 460. The third-order valence-corrected chi connectivity index (χ3v) is 2.52. The third-order valence-electron chi connectivity index (χ3n) is 2.52. The third kappa shape index (κ3) is 1.40. The minimum atomic E-state index is -0.195. The predicted molar refractivity (Wildman–Crippen MR) is 55.8 cm³/mol. The highest BCUT2D eigenvalue weighted by Gasteiger charge is 2.06. The summed E-state index contributed by atoms with van der Waals surface area (Å²) in [4.78, 5) is 3.25. The lowest BCUT2D eigenvalue weighted by Gasteiger charge is -1.95. The average molecular weight is 192 g/mol. The van der Waals surface area contributed by atoms with Gasteiger partial charge in [-0.2, -0.15) is 0 Å². The number of rotatable bonds is 2. The maximum Gasteiger partial charge on any atom is 0.123 e. The lowest BCUT2D eigenvalue weighted by molar-refractivity contribution is 0.629. The molecule has 0 saturated heterocycles. The minimum Gasteiger partial charge on any atom is -0.358 e. The second kappa shape index (κ2) is 3.42. The fourth-order valence-corrected chi connectivity index (χ4v) is 1.75. The van der Waals surface area contributed by atoms with Crippen molar-refractivity contribution >= 4 is 10.9 Å². The molecule has 0 aliphatic rings. The standard InChI is InChI=1S/C11H13FN2/c1-7-9-6-8(12)2-3-11(9)14-10(7)4-5-13/h2-3,6,14H,4-5,13H2,1H3. The highest BCUT2D eigenvalue weighted by molar-refractivity contribution is 5.84. The van der Waals surface area contributed by atoms with Gasteiger partial charge in [0.05, 0.1) is 0 Å². The van der Waals surface area contributed by atoms with E-state index in [1.807, 2.05) is 6.92 Å². The van der Waals surface area contributed by atoms with Gasteiger partial charge in [-0.25, -0.2) is 4.39 Å². The van der Waals surface area contributed by atoms with Gasteiger partial charge in [-0.3, -0.25) is 0 Å². The molecule has 3 N–H and O–H groups in total. The summed E-state index contributed by atoms with van der Waals surface area (Å²) in [6, 6.07) is 4.78. The summed E-state index contributed by atoms with van der Waals surface area (Å²) in [5.41, 5.74) is 8.67.